The third-order valence-electron chi connectivity index (χ3n) is 3.30. The number of anilines is 1. The second kappa shape index (κ2) is 4.80. The summed E-state index contributed by atoms with van der Waals surface area (Å²) in [5.41, 5.74) is 8.00. The Hall–Kier alpha value is -1.96. The van der Waals surface area contributed by atoms with E-state index in [1.54, 1.807) is 11.7 Å². The molecule has 0 spiro atoms. The Labute approximate surface area is 127 Å². The number of aryl methyl sites for hydroxylation is 2. The van der Waals surface area contributed by atoms with E-state index >= 15 is 0 Å². The molecule has 1 aromatic carbocycles. The number of imidazole rings is 1. The Kier molecular flexibility index (Phi) is 3.20. The molecule has 0 saturated carbocycles. The van der Waals surface area contributed by atoms with Crippen LogP contribution in [0.2, 0.25) is 0 Å². The molecule has 2 aromatic heterocycles. The van der Waals surface area contributed by atoms with Gasteiger partial charge in [-0.25, -0.2) is 18.4 Å². The highest BCUT2D eigenvalue weighted by atomic mass is 79.9. The van der Waals surface area contributed by atoms with Gasteiger partial charge < -0.3 is 5.73 Å². The molecule has 0 aliphatic heterocycles. The smallest absolute Gasteiger partial charge is 0.207 e. The Morgan fingerprint density at radius 1 is 1.29 bits per heavy atom. The lowest BCUT2D eigenvalue weighted by molar-refractivity contribution is 0.574. The molecular formula is C13H12BrF2N5. The van der Waals surface area contributed by atoms with Crippen LogP contribution in [0, 0.1) is 11.6 Å². The van der Waals surface area contributed by atoms with Crippen LogP contribution in [0.25, 0.3) is 16.9 Å². The van der Waals surface area contributed by atoms with Crippen molar-refractivity contribution in [2.45, 2.75) is 13.3 Å². The molecule has 0 bridgehead atoms. The van der Waals surface area contributed by atoms with Gasteiger partial charge in [-0.1, -0.05) is 6.92 Å². The van der Waals surface area contributed by atoms with Crippen molar-refractivity contribution < 1.29 is 8.78 Å². The van der Waals surface area contributed by atoms with Gasteiger partial charge in [0.2, 0.25) is 5.95 Å². The normalized spacial score (nSPS) is 11.5. The summed E-state index contributed by atoms with van der Waals surface area (Å²) < 4.78 is 30.7. The van der Waals surface area contributed by atoms with E-state index in [1.165, 1.54) is 10.6 Å². The number of hydrogen-bond donors (Lipinski definition) is 1. The number of aromatic nitrogens is 4. The fraction of sp³-hybridized carbons (Fsp3) is 0.231. The summed E-state index contributed by atoms with van der Waals surface area (Å²) in [6.45, 7) is 1.95. The van der Waals surface area contributed by atoms with Crippen LogP contribution < -0.4 is 5.73 Å². The zero-order valence-electron chi connectivity index (χ0n) is 11.4. The van der Waals surface area contributed by atoms with Gasteiger partial charge in [0.25, 0.3) is 0 Å². The van der Waals surface area contributed by atoms with Crippen molar-refractivity contribution in [3.8, 4) is 5.69 Å². The average Bonchev–Trinajstić information content (AvgIpc) is 2.91. The summed E-state index contributed by atoms with van der Waals surface area (Å²) in [5, 5.41) is 4.33. The summed E-state index contributed by atoms with van der Waals surface area (Å²) in [6, 6.07) is 2.14. The maximum atomic E-state index is 14.1. The van der Waals surface area contributed by atoms with Crippen LogP contribution in [0.4, 0.5) is 14.7 Å². The second-order valence-corrected chi connectivity index (χ2v) is 5.47. The number of fused-ring (bicyclic) bond motifs is 1. The number of hydrogen-bond acceptors (Lipinski definition) is 3. The van der Waals surface area contributed by atoms with Crippen LogP contribution in [0.3, 0.4) is 0 Å². The molecule has 0 saturated heterocycles. The quantitative estimate of drug-likeness (QED) is 0.719. The first-order valence-electron chi connectivity index (χ1n) is 6.28. The predicted octanol–water partition coefficient (Wildman–Crippen LogP) is 2.94. The Morgan fingerprint density at radius 2 is 2.00 bits per heavy atom. The molecule has 0 amide bonds. The SMILES string of the molecule is CCc1nn(C)c2c1nc(N)n2-c1cc(Br)c(F)cc1F. The third kappa shape index (κ3) is 2.01. The van der Waals surface area contributed by atoms with E-state index in [9.17, 15) is 8.78 Å². The van der Waals surface area contributed by atoms with Gasteiger partial charge in [-0.2, -0.15) is 5.10 Å². The van der Waals surface area contributed by atoms with Gasteiger partial charge in [-0.05, 0) is 28.4 Å². The number of rotatable bonds is 2. The Balaban J connectivity index is 2.38. The maximum absolute atomic E-state index is 14.1. The van der Waals surface area contributed by atoms with Crippen LogP contribution >= 0.6 is 15.9 Å². The number of nitrogens with zero attached hydrogens (tertiary/aromatic N) is 4. The number of benzene rings is 1. The molecule has 2 N–H and O–H groups in total. The molecule has 0 aliphatic carbocycles. The molecule has 0 unspecified atom stereocenters. The highest BCUT2D eigenvalue weighted by Crippen LogP contribution is 2.29. The number of nitrogen functional groups attached to an aromatic ring is 1. The highest BCUT2D eigenvalue weighted by Gasteiger charge is 2.21. The topological polar surface area (TPSA) is 61.7 Å². The molecule has 3 aromatic rings. The van der Waals surface area contributed by atoms with Crippen molar-refractivity contribution in [2.24, 2.45) is 7.05 Å². The first-order chi connectivity index (χ1) is 9.93. The zero-order chi connectivity index (χ0) is 15.3. The molecule has 0 fully saturated rings. The molecule has 0 aliphatic rings. The van der Waals surface area contributed by atoms with E-state index in [0.29, 0.717) is 17.6 Å². The molecule has 3 rings (SSSR count). The first-order valence-corrected chi connectivity index (χ1v) is 7.08. The minimum Gasteiger partial charge on any atom is -0.369 e. The average molecular weight is 356 g/mol. The van der Waals surface area contributed by atoms with E-state index < -0.39 is 11.6 Å². The number of halogens is 3. The lowest BCUT2D eigenvalue weighted by atomic mass is 10.3. The molecule has 110 valence electrons. The van der Waals surface area contributed by atoms with Crippen LogP contribution in [0.5, 0.6) is 0 Å². The molecule has 8 heteroatoms. The first kappa shape index (κ1) is 14.0. The molecular weight excluding hydrogens is 344 g/mol. The van der Waals surface area contributed by atoms with Gasteiger partial charge in [-0.3, -0.25) is 4.57 Å². The fourth-order valence-corrected chi connectivity index (χ4v) is 2.69. The van der Waals surface area contributed by atoms with Crippen LogP contribution in [-0.4, -0.2) is 19.3 Å². The van der Waals surface area contributed by atoms with E-state index in [1.807, 2.05) is 6.92 Å². The van der Waals surface area contributed by atoms with Crippen molar-refractivity contribution in [1.29, 1.82) is 0 Å². The van der Waals surface area contributed by atoms with E-state index in [-0.39, 0.29) is 16.1 Å². The van der Waals surface area contributed by atoms with Gasteiger partial charge in [0.15, 0.2) is 5.65 Å². The minimum atomic E-state index is -0.721. The molecule has 0 atom stereocenters. The van der Waals surface area contributed by atoms with Gasteiger partial charge in [-0.15, -0.1) is 0 Å². The monoisotopic (exact) mass is 355 g/mol. The van der Waals surface area contributed by atoms with Crippen molar-refractivity contribution in [3.05, 3.63) is 33.9 Å². The van der Waals surface area contributed by atoms with Crippen molar-refractivity contribution in [1.82, 2.24) is 19.3 Å². The molecule has 21 heavy (non-hydrogen) atoms. The second-order valence-electron chi connectivity index (χ2n) is 4.62. The lowest BCUT2D eigenvalue weighted by Gasteiger charge is -2.09. The standard InChI is InChI=1S/C13H12BrF2N5/c1-3-9-11-12(20(2)19-9)21(13(17)18-11)10-4-6(14)7(15)5-8(10)16/h4-5H,3H2,1-2H3,(H2,17,18). The van der Waals surface area contributed by atoms with Crippen molar-refractivity contribution in [3.63, 3.8) is 0 Å². The summed E-state index contributed by atoms with van der Waals surface area (Å²) in [4.78, 5) is 4.26. The van der Waals surface area contributed by atoms with Gasteiger partial charge in [0, 0.05) is 13.1 Å². The third-order valence-corrected chi connectivity index (χ3v) is 3.90. The number of nitrogens with two attached hydrogens (primary N) is 1. The van der Waals surface area contributed by atoms with Crippen molar-refractivity contribution in [2.75, 3.05) is 5.73 Å². The fourth-order valence-electron chi connectivity index (χ4n) is 2.36. The lowest BCUT2D eigenvalue weighted by Crippen LogP contribution is -2.07. The zero-order valence-corrected chi connectivity index (χ0v) is 12.9. The molecule has 5 nitrogen and oxygen atoms in total. The summed E-state index contributed by atoms with van der Waals surface area (Å²) >= 11 is 3.05. The summed E-state index contributed by atoms with van der Waals surface area (Å²) in [7, 11) is 1.73. The highest BCUT2D eigenvalue weighted by molar-refractivity contribution is 9.10. The van der Waals surface area contributed by atoms with E-state index in [2.05, 4.69) is 26.0 Å². The van der Waals surface area contributed by atoms with Crippen LogP contribution in [-0.2, 0) is 13.5 Å². The van der Waals surface area contributed by atoms with E-state index in [4.69, 9.17) is 5.73 Å². The van der Waals surface area contributed by atoms with E-state index in [0.717, 1.165) is 11.8 Å². The minimum absolute atomic E-state index is 0.119. The van der Waals surface area contributed by atoms with Crippen LogP contribution in [0.1, 0.15) is 12.6 Å². The molecule has 2 heterocycles. The summed E-state index contributed by atoms with van der Waals surface area (Å²) in [5.74, 6) is -1.27. The maximum Gasteiger partial charge on any atom is 0.207 e. The Bertz CT molecular complexity index is 852. The van der Waals surface area contributed by atoms with Crippen LogP contribution in [0.15, 0.2) is 16.6 Å². The van der Waals surface area contributed by atoms with Crippen molar-refractivity contribution >= 4 is 33.0 Å². The summed E-state index contributed by atoms with van der Waals surface area (Å²) in [6.07, 6.45) is 0.684. The van der Waals surface area contributed by atoms with Gasteiger partial charge in [0.1, 0.15) is 17.2 Å². The van der Waals surface area contributed by atoms with Gasteiger partial charge >= 0.3 is 0 Å². The largest absolute Gasteiger partial charge is 0.369 e. The predicted molar refractivity (Wildman–Crippen MR) is 79.2 cm³/mol. The van der Waals surface area contributed by atoms with Gasteiger partial charge in [0.05, 0.1) is 15.9 Å². The Morgan fingerprint density at radius 3 is 2.67 bits per heavy atom. The molecule has 0 radical (unpaired) electrons.